The van der Waals surface area contributed by atoms with Gasteiger partial charge in [0.05, 0.1) is 6.67 Å². The Balaban J connectivity index is 0.000000815. The van der Waals surface area contributed by atoms with Crippen LogP contribution in [0.3, 0.4) is 0 Å². The zero-order chi connectivity index (χ0) is 38.1. The van der Waals surface area contributed by atoms with Gasteiger partial charge in [-0.05, 0) is 121 Å². The van der Waals surface area contributed by atoms with Crippen molar-refractivity contribution < 1.29 is 27.9 Å². The molecule has 1 aromatic carbocycles. The molecule has 1 aromatic rings. The normalized spacial score (nSPS) is 24.5. The van der Waals surface area contributed by atoms with E-state index in [1.54, 1.807) is 0 Å². The van der Waals surface area contributed by atoms with E-state index in [9.17, 15) is 18.0 Å². The number of halogens is 3. The van der Waals surface area contributed by atoms with Crippen LogP contribution in [0, 0.1) is 11.8 Å². The Morgan fingerprint density at radius 3 is 2.00 bits per heavy atom. The average molecular weight is 752 g/mol. The number of hydrogen-bond acceptors (Lipinski definition) is 8. The van der Waals surface area contributed by atoms with Crippen molar-refractivity contribution in [1.29, 1.82) is 0 Å². The van der Waals surface area contributed by atoms with Gasteiger partial charge < -0.3 is 40.7 Å². The summed E-state index contributed by atoms with van der Waals surface area (Å²) in [5.41, 5.74) is 0.841. The van der Waals surface area contributed by atoms with E-state index in [0.717, 1.165) is 103 Å². The Labute approximate surface area is 316 Å². The van der Waals surface area contributed by atoms with Crippen molar-refractivity contribution in [2.75, 3.05) is 90.1 Å². The number of para-hydroxylation sites is 1. The molecule has 1 amide bonds. The maximum atomic E-state index is 14.2. The molecular weight excluding hydrogens is 683 g/mol. The van der Waals surface area contributed by atoms with Gasteiger partial charge in [-0.3, -0.25) is 4.79 Å². The molecule has 10 nitrogen and oxygen atoms in total. The van der Waals surface area contributed by atoms with Crippen LogP contribution in [0.2, 0.25) is 0 Å². The minimum atomic E-state index is -5.08. The van der Waals surface area contributed by atoms with Gasteiger partial charge in [-0.2, -0.15) is 13.2 Å². The van der Waals surface area contributed by atoms with E-state index < -0.39 is 12.1 Å². The number of unbranched alkanes of at least 4 members (excludes halogenated alkanes) is 3. The number of carbonyl (C=O) groups excluding carboxylic acids is 1. The van der Waals surface area contributed by atoms with Crippen LogP contribution >= 0.6 is 0 Å². The predicted molar refractivity (Wildman–Crippen MR) is 206 cm³/mol. The number of aliphatic carboxylic acids is 1. The topological polar surface area (TPSA) is 103 Å². The van der Waals surface area contributed by atoms with Crippen LogP contribution in [0.4, 0.5) is 18.9 Å². The second kappa shape index (κ2) is 22.2. The standard InChI is InChI=1S/C38H67N7O.C2HF3O2/c1-33(2)34-14-16-35(17-15-34)43-29-18-38(19-30-43)37(46)44(32-45(38)36-12-6-5-7-13-36)28-9-4-3-8-26-42-27-11-22-40-24-23-39-20-10-21-41-25-31-42;3-2(4,5)1(6)7/h5-7,12-13,33-35,39-41H,3-4,8-11,14-32H2,1-2H3;(H,6,7). The fraction of sp³-hybridized carbons (Fsp3) is 0.800. The number of nitrogens with zero attached hydrogens (tertiary/aromatic N) is 4. The summed E-state index contributed by atoms with van der Waals surface area (Å²) >= 11 is 0. The van der Waals surface area contributed by atoms with E-state index >= 15 is 0 Å². The van der Waals surface area contributed by atoms with Crippen molar-refractivity contribution in [2.45, 2.75) is 109 Å². The third kappa shape index (κ3) is 13.7. The van der Waals surface area contributed by atoms with E-state index in [0.29, 0.717) is 11.9 Å². The lowest BCUT2D eigenvalue weighted by Crippen LogP contribution is -2.58. The molecule has 53 heavy (non-hydrogen) atoms. The Hall–Kier alpha value is -2.45. The number of rotatable bonds is 10. The molecular formula is C40H68F3N7O3. The smallest absolute Gasteiger partial charge is 0.475 e. The van der Waals surface area contributed by atoms with Gasteiger partial charge in [-0.15, -0.1) is 0 Å². The first kappa shape index (κ1) is 43.3. The van der Waals surface area contributed by atoms with E-state index in [1.165, 1.54) is 76.6 Å². The molecule has 4 fully saturated rings. The third-order valence-corrected chi connectivity index (χ3v) is 11.9. The number of carboxylic acids is 1. The van der Waals surface area contributed by atoms with Crippen LogP contribution in [-0.4, -0.2) is 135 Å². The van der Waals surface area contributed by atoms with Gasteiger partial charge in [-0.1, -0.05) is 44.9 Å². The summed E-state index contributed by atoms with van der Waals surface area (Å²) in [7, 11) is 0. The minimum absolute atomic E-state index is 0.370. The number of alkyl halides is 3. The van der Waals surface area contributed by atoms with Crippen molar-refractivity contribution in [3.8, 4) is 0 Å². The summed E-state index contributed by atoms with van der Waals surface area (Å²) in [5, 5.41) is 17.9. The molecule has 3 heterocycles. The number of amides is 1. The lowest BCUT2D eigenvalue weighted by molar-refractivity contribution is -0.192. The van der Waals surface area contributed by atoms with Gasteiger partial charge in [0.25, 0.3) is 0 Å². The first-order valence-corrected chi connectivity index (χ1v) is 20.5. The molecule has 5 rings (SSSR count). The molecule has 3 aliphatic heterocycles. The Bertz CT molecular complexity index is 1180. The highest BCUT2D eigenvalue weighted by atomic mass is 19.4. The quantitative estimate of drug-likeness (QED) is 0.234. The number of nitrogens with one attached hydrogen (secondary N) is 3. The molecule has 302 valence electrons. The summed E-state index contributed by atoms with van der Waals surface area (Å²) in [4.78, 5) is 33.2. The SMILES string of the molecule is CC(C)C1CCC(N2CCC3(CC2)C(=O)N(CCCCCCN2CCCNCCNCCCNCC2)CN3c2ccccc2)CC1.O=C(O)C(F)(F)F. The second-order valence-corrected chi connectivity index (χ2v) is 15.9. The Morgan fingerprint density at radius 2 is 1.40 bits per heavy atom. The van der Waals surface area contributed by atoms with Crippen molar-refractivity contribution >= 4 is 17.6 Å². The van der Waals surface area contributed by atoms with E-state index in [2.05, 4.69) is 79.7 Å². The minimum Gasteiger partial charge on any atom is -0.475 e. The Morgan fingerprint density at radius 1 is 0.811 bits per heavy atom. The lowest BCUT2D eigenvalue weighted by atomic mass is 9.78. The lowest BCUT2D eigenvalue weighted by Gasteiger charge is -2.47. The molecule has 0 unspecified atom stereocenters. The molecule has 1 aliphatic carbocycles. The molecule has 3 saturated heterocycles. The molecule has 13 heteroatoms. The van der Waals surface area contributed by atoms with E-state index in [1.807, 2.05) is 0 Å². The molecule has 0 aromatic heterocycles. The highest BCUT2D eigenvalue weighted by molar-refractivity contribution is 5.93. The number of piperidine rings is 1. The molecule has 4 aliphatic rings. The Kier molecular flexibility index (Phi) is 18.1. The summed E-state index contributed by atoms with van der Waals surface area (Å²) in [5.74, 6) is -0.659. The van der Waals surface area contributed by atoms with Gasteiger partial charge in [0.15, 0.2) is 0 Å². The first-order valence-electron chi connectivity index (χ1n) is 20.5. The van der Waals surface area contributed by atoms with Gasteiger partial charge in [0, 0.05) is 57.5 Å². The van der Waals surface area contributed by atoms with Gasteiger partial charge in [0.1, 0.15) is 5.54 Å². The predicted octanol–water partition coefficient (Wildman–Crippen LogP) is 5.40. The van der Waals surface area contributed by atoms with Crippen LogP contribution in [0.25, 0.3) is 0 Å². The maximum absolute atomic E-state index is 14.2. The fourth-order valence-electron chi connectivity index (χ4n) is 8.65. The number of benzene rings is 1. The molecule has 0 atom stereocenters. The van der Waals surface area contributed by atoms with Gasteiger partial charge in [0.2, 0.25) is 5.91 Å². The summed E-state index contributed by atoms with van der Waals surface area (Å²) in [6.07, 6.45) is 9.47. The van der Waals surface area contributed by atoms with Crippen molar-refractivity contribution in [3.63, 3.8) is 0 Å². The number of anilines is 1. The highest BCUT2D eigenvalue weighted by Gasteiger charge is 2.54. The maximum Gasteiger partial charge on any atom is 0.490 e. The van der Waals surface area contributed by atoms with Gasteiger partial charge >= 0.3 is 12.1 Å². The van der Waals surface area contributed by atoms with Crippen molar-refractivity contribution in [1.82, 2.24) is 30.7 Å². The second-order valence-electron chi connectivity index (χ2n) is 15.9. The zero-order valence-electron chi connectivity index (χ0n) is 32.5. The molecule has 1 spiro atoms. The molecule has 0 bridgehead atoms. The number of hydrogen-bond donors (Lipinski definition) is 4. The zero-order valence-corrected chi connectivity index (χ0v) is 32.5. The number of carbonyl (C=O) groups is 2. The number of carboxylic acid groups (broad SMARTS) is 1. The molecule has 4 N–H and O–H groups in total. The summed E-state index contributed by atoms with van der Waals surface area (Å²) < 4.78 is 31.7. The molecule has 0 radical (unpaired) electrons. The van der Waals surface area contributed by atoms with E-state index in [4.69, 9.17) is 9.90 Å². The van der Waals surface area contributed by atoms with Crippen LogP contribution in [0.5, 0.6) is 0 Å². The number of likely N-dealkylation sites (tertiary alicyclic amines) is 1. The van der Waals surface area contributed by atoms with Crippen LogP contribution in [0.15, 0.2) is 30.3 Å². The van der Waals surface area contributed by atoms with E-state index in [-0.39, 0.29) is 5.54 Å². The van der Waals surface area contributed by atoms with Crippen molar-refractivity contribution in [2.24, 2.45) is 11.8 Å². The highest BCUT2D eigenvalue weighted by Crippen LogP contribution is 2.41. The van der Waals surface area contributed by atoms with Crippen LogP contribution in [0.1, 0.15) is 90.9 Å². The first-order chi connectivity index (χ1) is 25.5. The summed E-state index contributed by atoms with van der Waals surface area (Å²) in [6, 6.07) is 11.5. The molecule has 1 saturated carbocycles. The third-order valence-electron chi connectivity index (χ3n) is 11.9. The average Bonchev–Trinajstić information content (AvgIpc) is 3.41. The van der Waals surface area contributed by atoms with Crippen LogP contribution in [-0.2, 0) is 9.59 Å². The summed E-state index contributed by atoms with van der Waals surface area (Å²) in [6.45, 7) is 18.6. The van der Waals surface area contributed by atoms with Crippen molar-refractivity contribution in [3.05, 3.63) is 30.3 Å². The van der Waals surface area contributed by atoms with Gasteiger partial charge in [-0.25, -0.2) is 4.79 Å². The van der Waals surface area contributed by atoms with Crippen LogP contribution < -0.4 is 20.9 Å². The monoisotopic (exact) mass is 752 g/mol. The largest absolute Gasteiger partial charge is 0.490 e. The fourth-order valence-corrected chi connectivity index (χ4v) is 8.65.